The fourth-order valence-corrected chi connectivity index (χ4v) is 12.9. The van der Waals surface area contributed by atoms with Gasteiger partial charge in [0.25, 0.3) is 0 Å². The minimum Gasteiger partial charge on any atom is -0.393 e. The molecule has 0 radical (unpaired) electrons. The maximum atomic E-state index is 11.0. The number of aliphatic hydroxyl groups excluding tert-OH is 1. The van der Waals surface area contributed by atoms with Crippen LogP contribution in [0.5, 0.6) is 0 Å². The number of methoxy groups -OCH3 is 1. The summed E-state index contributed by atoms with van der Waals surface area (Å²) in [7, 11) is 1.91. The van der Waals surface area contributed by atoms with Crippen LogP contribution in [-0.2, 0) is 14.2 Å². The number of hydrogen-bond donors (Lipinski definition) is 1. The zero-order chi connectivity index (χ0) is 25.0. The maximum Gasteiger partial charge on any atom is 0.200 e. The lowest BCUT2D eigenvalue weighted by atomic mass is 9.41. The summed E-state index contributed by atoms with van der Waals surface area (Å²) < 4.78 is 20.7. The minimum atomic E-state index is -0.656. The maximum absolute atomic E-state index is 11.0. The van der Waals surface area contributed by atoms with Crippen molar-refractivity contribution in [2.24, 2.45) is 50.7 Å². The van der Waals surface area contributed by atoms with Gasteiger partial charge in [-0.25, -0.2) is 0 Å². The summed E-state index contributed by atoms with van der Waals surface area (Å²) >= 11 is 0. The monoisotopic (exact) mass is 484 g/mol. The average molecular weight is 485 g/mol. The van der Waals surface area contributed by atoms with Gasteiger partial charge in [0.1, 0.15) is 12.2 Å². The predicted molar refractivity (Wildman–Crippen MR) is 136 cm³/mol. The summed E-state index contributed by atoms with van der Waals surface area (Å²) in [5, 5.41) is 11.0. The van der Waals surface area contributed by atoms with E-state index in [1.807, 2.05) is 7.11 Å². The molecule has 35 heavy (non-hydrogen) atoms. The van der Waals surface area contributed by atoms with E-state index in [0.29, 0.717) is 34.5 Å². The number of rotatable bonds is 2. The predicted octanol–water partition coefficient (Wildman–Crippen LogP) is 6.12. The third-order valence-corrected chi connectivity index (χ3v) is 14.2. The molecule has 0 aromatic rings. The van der Waals surface area contributed by atoms with Crippen molar-refractivity contribution in [1.29, 1.82) is 0 Å². The first-order valence-corrected chi connectivity index (χ1v) is 14.6. The van der Waals surface area contributed by atoms with Crippen molar-refractivity contribution < 1.29 is 19.3 Å². The second kappa shape index (κ2) is 6.58. The minimum absolute atomic E-state index is 0.00641. The smallest absolute Gasteiger partial charge is 0.200 e. The van der Waals surface area contributed by atoms with Gasteiger partial charge in [0.2, 0.25) is 0 Å². The molecule has 2 saturated heterocycles. The number of aliphatic hydroxyl groups is 1. The molecule has 7 aliphatic rings. The molecule has 8 unspecified atom stereocenters. The largest absolute Gasteiger partial charge is 0.393 e. The Morgan fingerprint density at radius 1 is 0.971 bits per heavy atom. The Morgan fingerprint density at radius 2 is 1.66 bits per heavy atom. The zero-order valence-electron chi connectivity index (χ0n) is 23.2. The molecule has 4 nitrogen and oxygen atoms in total. The van der Waals surface area contributed by atoms with Gasteiger partial charge < -0.3 is 19.3 Å². The summed E-state index contributed by atoms with van der Waals surface area (Å²) in [5.41, 5.74) is 2.05. The van der Waals surface area contributed by atoms with E-state index in [9.17, 15) is 5.11 Å². The summed E-state index contributed by atoms with van der Waals surface area (Å²) in [6, 6.07) is 0. The molecule has 0 amide bonds. The summed E-state index contributed by atoms with van der Waals surface area (Å²) in [6.07, 6.45) is 9.51. The molecule has 4 heteroatoms. The Morgan fingerprint density at radius 3 is 2.34 bits per heavy atom. The van der Waals surface area contributed by atoms with Crippen molar-refractivity contribution in [1.82, 2.24) is 0 Å². The number of ether oxygens (including phenoxy) is 3. The fraction of sp³-hybridized carbons (Fsp3) is 0.935. The fourth-order valence-electron chi connectivity index (χ4n) is 12.9. The van der Waals surface area contributed by atoms with Crippen LogP contribution in [0.25, 0.3) is 0 Å². The van der Waals surface area contributed by atoms with Crippen LogP contribution in [0.2, 0.25) is 0 Å². The highest BCUT2D eigenvalue weighted by Crippen LogP contribution is 2.90. The third-order valence-electron chi connectivity index (χ3n) is 14.2. The Balaban J connectivity index is 1.35. The second-order valence-electron chi connectivity index (χ2n) is 15.3. The molecule has 196 valence electrons. The highest BCUT2D eigenvalue weighted by Gasteiger charge is 2.88. The number of fused-ring (bicyclic) bond motifs is 4. The van der Waals surface area contributed by atoms with Gasteiger partial charge in [0.05, 0.1) is 12.2 Å². The molecule has 5 aliphatic carbocycles. The Kier molecular flexibility index (Phi) is 4.45. The zero-order valence-corrected chi connectivity index (χ0v) is 23.2. The van der Waals surface area contributed by atoms with Gasteiger partial charge in [-0.1, -0.05) is 41.2 Å². The normalized spacial score (nSPS) is 63.3. The van der Waals surface area contributed by atoms with Crippen molar-refractivity contribution >= 4 is 0 Å². The van der Waals surface area contributed by atoms with Crippen molar-refractivity contribution in [3.05, 3.63) is 12.2 Å². The van der Waals surface area contributed by atoms with Gasteiger partial charge in [-0.15, -0.1) is 0 Å². The van der Waals surface area contributed by atoms with Crippen LogP contribution in [0, 0.1) is 50.7 Å². The molecule has 2 aliphatic heterocycles. The van der Waals surface area contributed by atoms with Gasteiger partial charge in [-0.05, 0) is 103 Å². The van der Waals surface area contributed by atoms with E-state index in [-0.39, 0.29) is 40.7 Å². The SMILES string of the molecule is C=C(C)C1OC23O[C@@H]1CC(C)C2[C@@]1(C)CC[C@@]24C[C@@]25CC[C@H](O)C(C)(C)C5CCC4C1(C)C3OC. The lowest BCUT2D eigenvalue weighted by molar-refractivity contribution is -0.282. The molecule has 7 fully saturated rings. The summed E-state index contributed by atoms with van der Waals surface area (Å²) in [6.45, 7) is 18.7. The highest BCUT2D eigenvalue weighted by atomic mass is 16.8. The first-order chi connectivity index (χ1) is 16.4. The molecule has 13 atom stereocenters. The van der Waals surface area contributed by atoms with Crippen LogP contribution < -0.4 is 0 Å². The molecule has 3 spiro atoms. The van der Waals surface area contributed by atoms with Crippen LogP contribution in [0.4, 0.5) is 0 Å². The quantitative estimate of drug-likeness (QED) is 0.480. The molecule has 0 aromatic heterocycles. The van der Waals surface area contributed by atoms with Gasteiger partial charge in [-0.3, -0.25) is 0 Å². The van der Waals surface area contributed by atoms with Gasteiger partial charge >= 0.3 is 0 Å². The van der Waals surface area contributed by atoms with Crippen molar-refractivity contribution in [3.8, 4) is 0 Å². The lowest BCUT2D eigenvalue weighted by Gasteiger charge is -2.63. The highest BCUT2D eigenvalue weighted by molar-refractivity contribution is 5.34. The number of hydrogen-bond acceptors (Lipinski definition) is 4. The molecular weight excluding hydrogens is 436 g/mol. The molecule has 2 heterocycles. The van der Waals surface area contributed by atoms with Crippen molar-refractivity contribution in [3.63, 3.8) is 0 Å². The van der Waals surface area contributed by atoms with E-state index in [4.69, 9.17) is 14.2 Å². The Hall–Kier alpha value is -0.420. The Bertz CT molecular complexity index is 975. The average Bonchev–Trinajstić information content (AvgIpc) is 3.29. The molecule has 1 N–H and O–H groups in total. The first kappa shape index (κ1) is 23.7. The van der Waals surface area contributed by atoms with Crippen molar-refractivity contribution in [2.45, 2.75) is 123 Å². The van der Waals surface area contributed by atoms with E-state index in [1.165, 1.54) is 38.5 Å². The molecule has 5 saturated carbocycles. The second-order valence-corrected chi connectivity index (χ2v) is 15.3. The Labute approximate surface area is 212 Å². The van der Waals surface area contributed by atoms with Crippen LogP contribution in [-0.4, -0.2) is 42.4 Å². The summed E-state index contributed by atoms with van der Waals surface area (Å²) in [5.74, 6) is 1.50. The standard InChI is InChI=1S/C31H48O4/c1-17(2)23-19-15-18(3)24-27(6)13-14-30-16-29(30)12-11-22(32)26(4,5)20(29)9-10-21(30)28(27,7)25(33-8)31(24,34-19)35-23/h18-25,32H,1,9-16H2,2-8H3/t18?,19-,20?,21?,22+,23?,24?,25?,27-,28?,29-,30+,31?/m1/s1. The van der Waals surface area contributed by atoms with Crippen LogP contribution in [0.15, 0.2) is 12.2 Å². The topological polar surface area (TPSA) is 47.9 Å². The van der Waals surface area contributed by atoms with E-state index < -0.39 is 5.79 Å². The van der Waals surface area contributed by atoms with Crippen LogP contribution >= 0.6 is 0 Å². The van der Waals surface area contributed by atoms with Gasteiger partial charge in [0, 0.05) is 18.4 Å². The van der Waals surface area contributed by atoms with Gasteiger partial charge in [0.15, 0.2) is 5.79 Å². The lowest BCUT2D eigenvalue weighted by Crippen LogP contribution is -2.60. The molecule has 0 aromatic carbocycles. The molecule has 2 bridgehead atoms. The van der Waals surface area contributed by atoms with E-state index in [0.717, 1.165) is 18.4 Å². The first-order valence-electron chi connectivity index (χ1n) is 14.6. The van der Waals surface area contributed by atoms with Crippen LogP contribution in [0.3, 0.4) is 0 Å². The van der Waals surface area contributed by atoms with Crippen LogP contribution in [0.1, 0.15) is 92.9 Å². The van der Waals surface area contributed by atoms with E-state index >= 15 is 0 Å². The summed E-state index contributed by atoms with van der Waals surface area (Å²) in [4.78, 5) is 0. The molecular formula is C31H48O4. The van der Waals surface area contributed by atoms with Gasteiger partial charge in [-0.2, -0.15) is 0 Å². The molecule has 7 rings (SSSR count). The van der Waals surface area contributed by atoms with E-state index in [1.54, 1.807) is 0 Å². The van der Waals surface area contributed by atoms with E-state index in [2.05, 4.69) is 48.1 Å². The third kappa shape index (κ3) is 2.27. The van der Waals surface area contributed by atoms with Crippen molar-refractivity contribution in [2.75, 3.05) is 7.11 Å².